The minimum Gasteiger partial charge on any atom is -0.324 e. The molecule has 0 aliphatic heterocycles. The van der Waals surface area contributed by atoms with Crippen LogP contribution in [0.25, 0.3) is 0 Å². The Morgan fingerprint density at radius 3 is 2.24 bits per heavy atom. The van der Waals surface area contributed by atoms with E-state index in [9.17, 15) is 0 Å². The molecule has 17 heavy (non-hydrogen) atoms. The van der Waals surface area contributed by atoms with Crippen LogP contribution in [0.3, 0.4) is 0 Å². The lowest BCUT2D eigenvalue weighted by Crippen LogP contribution is -2.04. The number of hydrogen-bond acceptors (Lipinski definition) is 4. The summed E-state index contributed by atoms with van der Waals surface area (Å²) in [5.41, 5.74) is 8.01. The molecule has 0 bridgehead atoms. The van der Waals surface area contributed by atoms with Gasteiger partial charge in [-0.15, -0.1) is 0 Å². The lowest BCUT2D eigenvalue weighted by Gasteiger charge is -2.06. The number of aryl methyl sites for hydroxylation is 1. The van der Waals surface area contributed by atoms with Crippen molar-refractivity contribution >= 4 is 11.8 Å². The van der Waals surface area contributed by atoms with Gasteiger partial charge in [-0.05, 0) is 48.9 Å². The van der Waals surface area contributed by atoms with E-state index in [1.54, 1.807) is 11.8 Å². The lowest BCUT2D eigenvalue weighted by atomic mass is 10.1. The van der Waals surface area contributed by atoms with Crippen molar-refractivity contribution in [2.45, 2.75) is 29.9 Å². The Morgan fingerprint density at radius 1 is 1.12 bits per heavy atom. The van der Waals surface area contributed by atoms with E-state index < -0.39 is 0 Å². The molecule has 1 heterocycles. The van der Waals surface area contributed by atoms with Gasteiger partial charge in [-0.1, -0.05) is 12.1 Å². The SMILES string of the molecule is Cc1cnc(Sc2ccc([C@@H](C)N)cc2)nc1. The van der Waals surface area contributed by atoms with Gasteiger partial charge in [0.25, 0.3) is 0 Å². The Bertz CT molecular complexity index is 477. The first kappa shape index (κ1) is 12.1. The minimum atomic E-state index is 0.0738. The number of nitrogens with two attached hydrogens (primary N) is 1. The minimum absolute atomic E-state index is 0.0738. The molecule has 1 aromatic heterocycles. The molecule has 3 nitrogen and oxygen atoms in total. The topological polar surface area (TPSA) is 51.8 Å². The molecule has 1 aromatic carbocycles. The average Bonchev–Trinajstić information content (AvgIpc) is 2.33. The zero-order valence-electron chi connectivity index (χ0n) is 9.92. The number of rotatable bonds is 3. The zero-order chi connectivity index (χ0) is 12.3. The van der Waals surface area contributed by atoms with E-state index in [1.807, 2.05) is 50.5 Å². The molecule has 0 unspecified atom stereocenters. The van der Waals surface area contributed by atoms with Gasteiger partial charge in [0, 0.05) is 23.3 Å². The van der Waals surface area contributed by atoms with Crippen LogP contribution < -0.4 is 5.73 Å². The predicted molar refractivity (Wildman–Crippen MR) is 69.9 cm³/mol. The molecule has 2 aromatic rings. The molecule has 4 heteroatoms. The van der Waals surface area contributed by atoms with E-state index in [4.69, 9.17) is 5.73 Å². The molecule has 0 aliphatic carbocycles. The van der Waals surface area contributed by atoms with Crippen molar-refractivity contribution in [3.63, 3.8) is 0 Å². The van der Waals surface area contributed by atoms with Gasteiger partial charge >= 0.3 is 0 Å². The van der Waals surface area contributed by atoms with Crippen LogP contribution in [0.4, 0.5) is 0 Å². The number of aromatic nitrogens is 2. The molecule has 0 saturated carbocycles. The van der Waals surface area contributed by atoms with Crippen LogP contribution >= 0.6 is 11.8 Å². The molecule has 0 fully saturated rings. The third-order valence-corrected chi connectivity index (χ3v) is 3.27. The normalized spacial score (nSPS) is 12.4. The Labute approximate surface area is 105 Å². The Kier molecular flexibility index (Phi) is 3.76. The van der Waals surface area contributed by atoms with E-state index >= 15 is 0 Å². The summed E-state index contributed by atoms with van der Waals surface area (Å²) in [7, 11) is 0. The second-order valence-electron chi connectivity index (χ2n) is 4.00. The summed E-state index contributed by atoms with van der Waals surface area (Å²) in [6.45, 7) is 3.96. The maximum absolute atomic E-state index is 5.80. The molecule has 0 aliphatic rings. The second kappa shape index (κ2) is 5.29. The number of nitrogens with zero attached hydrogens (tertiary/aromatic N) is 2. The maximum Gasteiger partial charge on any atom is 0.192 e. The van der Waals surface area contributed by atoms with E-state index in [0.29, 0.717) is 0 Å². The van der Waals surface area contributed by atoms with Gasteiger partial charge in [0.15, 0.2) is 5.16 Å². The highest BCUT2D eigenvalue weighted by molar-refractivity contribution is 7.99. The van der Waals surface area contributed by atoms with Gasteiger partial charge < -0.3 is 5.73 Å². The first-order valence-corrected chi connectivity index (χ1v) is 6.29. The van der Waals surface area contributed by atoms with Crippen LogP contribution in [0.15, 0.2) is 46.7 Å². The van der Waals surface area contributed by atoms with Gasteiger partial charge in [-0.25, -0.2) is 9.97 Å². The largest absolute Gasteiger partial charge is 0.324 e. The van der Waals surface area contributed by atoms with Crippen molar-refractivity contribution in [1.82, 2.24) is 9.97 Å². The van der Waals surface area contributed by atoms with Crippen molar-refractivity contribution in [3.05, 3.63) is 47.8 Å². The van der Waals surface area contributed by atoms with Gasteiger partial charge in [-0.2, -0.15) is 0 Å². The molecular formula is C13H15N3S. The number of benzene rings is 1. The van der Waals surface area contributed by atoms with Crippen LogP contribution in [0.5, 0.6) is 0 Å². The fourth-order valence-corrected chi connectivity index (χ4v) is 2.07. The van der Waals surface area contributed by atoms with Crippen molar-refractivity contribution in [3.8, 4) is 0 Å². The highest BCUT2D eigenvalue weighted by atomic mass is 32.2. The quantitative estimate of drug-likeness (QED) is 0.845. The predicted octanol–water partition coefficient (Wildman–Crippen LogP) is 2.96. The first-order chi connectivity index (χ1) is 8.15. The fraction of sp³-hybridized carbons (Fsp3) is 0.231. The number of hydrogen-bond donors (Lipinski definition) is 1. The molecule has 0 amide bonds. The van der Waals surface area contributed by atoms with E-state index in [-0.39, 0.29) is 6.04 Å². The third-order valence-electron chi connectivity index (χ3n) is 2.37. The van der Waals surface area contributed by atoms with Gasteiger partial charge in [0.1, 0.15) is 0 Å². The first-order valence-electron chi connectivity index (χ1n) is 5.47. The van der Waals surface area contributed by atoms with Crippen molar-refractivity contribution in [2.75, 3.05) is 0 Å². The lowest BCUT2D eigenvalue weighted by molar-refractivity contribution is 0.817. The van der Waals surface area contributed by atoms with E-state index in [0.717, 1.165) is 21.2 Å². The van der Waals surface area contributed by atoms with Crippen molar-refractivity contribution in [1.29, 1.82) is 0 Å². The van der Waals surface area contributed by atoms with Crippen molar-refractivity contribution < 1.29 is 0 Å². The Morgan fingerprint density at radius 2 is 1.71 bits per heavy atom. The monoisotopic (exact) mass is 245 g/mol. The Balaban J connectivity index is 2.11. The molecule has 0 spiro atoms. The summed E-state index contributed by atoms with van der Waals surface area (Å²) in [6.07, 6.45) is 3.65. The average molecular weight is 245 g/mol. The summed E-state index contributed by atoms with van der Waals surface area (Å²) in [5.74, 6) is 0. The molecular weight excluding hydrogens is 230 g/mol. The van der Waals surface area contributed by atoms with Crippen LogP contribution in [-0.2, 0) is 0 Å². The standard InChI is InChI=1S/C13H15N3S/c1-9-7-15-13(16-8-9)17-12-5-3-11(4-6-12)10(2)14/h3-8,10H,14H2,1-2H3/t10-/m1/s1. The second-order valence-corrected chi connectivity index (χ2v) is 5.04. The van der Waals surface area contributed by atoms with Crippen LogP contribution in [0, 0.1) is 6.92 Å². The zero-order valence-corrected chi connectivity index (χ0v) is 10.7. The van der Waals surface area contributed by atoms with Crippen LogP contribution in [0.1, 0.15) is 24.1 Å². The van der Waals surface area contributed by atoms with Gasteiger partial charge in [-0.3, -0.25) is 0 Å². The smallest absolute Gasteiger partial charge is 0.192 e. The van der Waals surface area contributed by atoms with E-state index in [2.05, 4.69) is 9.97 Å². The molecule has 0 saturated heterocycles. The van der Waals surface area contributed by atoms with Gasteiger partial charge in [0.2, 0.25) is 0 Å². The van der Waals surface area contributed by atoms with Crippen LogP contribution in [0.2, 0.25) is 0 Å². The summed E-state index contributed by atoms with van der Waals surface area (Å²) in [6, 6.07) is 8.26. The highest BCUT2D eigenvalue weighted by Crippen LogP contribution is 2.25. The summed E-state index contributed by atoms with van der Waals surface area (Å²) < 4.78 is 0. The van der Waals surface area contributed by atoms with Gasteiger partial charge in [0.05, 0.1) is 0 Å². The highest BCUT2D eigenvalue weighted by Gasteiger charge is 2.02. The molecule has 2 rings (SSSR count). The fourth-order valence-electron chi connectivity index (χ4n) is 1.38. The summed E-state index contributed by atoms with van der Waals surface area (Å²) in [4.78, 5) is 9.64. The summed E-state index contributed by atoms with van der Waals surface area (Å²) >= 11 is 1.55. The van der Waals surface area contributed by atoms with Crippen molar-refractivity contribution in [2.24, 2.45) is 5.73 Å². The van der Waals surface area contributed by atoms with E-state index in [1.165, 1.54) is 0 Å². The molecule has 2 N–H and O–H groups in total. The summed E-state index contributed by atoms with van der Waals surface area (Å²) in [5, 5.41) is 0.768. The maximum atomic E-state index is 5.80. The Hall–Kier alpha value is -1.39. The molecule has 88 valence electrons. The third kappa shape index (κ3) is 3.28. The van der Waals surface area contributed by atoms with Crippen LogP contribution in [-0.4, -0.2) is 9.97 Å². The molecule has 0 radical (unpaired) electrons. The molecule has 1 atom stereocenters.